The highest BCUT2D eigenvalue weighted by Gasteiger charge is 2.48. The summed E-state index contributed by atoms with van der Waals surface area (Å²) < 4.78 is 15.7. The summed E-state index contributed by atoms with van der Waals surface area (Å²) in [6, 6.07) is 12.5. The fourth-order valence-electron chi connectivity index (χ4n) is 3.98. The number of ketones is 1. The molecule has 0 spiro atoms. The predicted octanol–water partition coefficient (Wildman–Crippen LogP) is 4.66. The third-order valence-corrected chi connectivity index (χ3v) is 6.98. The lowest BCUT2D eigenvalue weighted by Crippen LogP contribution is -2.29. The maximum absolute atomic E-state index is 13.3. The van der Waals surface area contributed by atoms with E-state index in [1.807, 2.05) is 6.92 Å². The zero-order chi connectivity index (χ0) is 26.7. The van der Waals surface area contributed by atoms with Crippen LogP contribution in [0.2, 0.25) is 0 Å². The van der Waals surface area contributed by atoms with Crippen molar-refractivity contribution in [3.05, 3.63) is 75.8 Å². The third-order valence-electron chi connectivity index (χ3n) is 5.84. The Morgan fingerprint density at radius 2 is 1.70 bits per heavy atom. The van der Waals surface area contributed by atoms with Gasteiger partial charge in [0.05, 0.1) is 38.1 Å². The fraction of sp³-hybridized carbons (Fsp3) is 0.259. The standard InChI is InChI=1S/C27H26N2O7S/c1-5-14-36-19-12-8-17(9-13-19)22(30)20-21(16-6-10-18(34-3)11-7-16)29(25(32)23(20)31)27-28-15(2)24(37-27)26(33)35-4/h6-13,21,30H,5,14H2,1-4H3/b22-20+. The van der Waals surface area contributed by atoms with E-state index in [1.165, 1.54) is 19.1 Å². The van der Waals surface area contributed by atoms with Crippen LogP contribution in [0.5, 0.6) is 11.5 Å². The molecule has 1 aliphatic rings. The van der Waals surface area contributed by atoms with E-state index in [4.69, 9.17) is 14.2 Å². The Morgan fingerprint density at radius 3 is 2.30 bits per heavy atom. The molecule has 0 saturated carbocycles. The van der Waals surface area contributed by atoms with E-state index in [0.717, 1.165) is 17.8 Å². The van der Waals surface area contributed by atoms with E-state index in [-0.39, 0.29) is 21.3 Å². The Bertz CT molecular complexity index is 1360. The van der Waals surface area contributed by atoms with Gasteiger partial charge in [0.25, 0.3) is 5.78 Å². The number of carbonyl (C=O) groups is 3. The van der Waals surface area contributed by atoms with Crippen LogP contribution in [0.3, 0.4) is 0 Å². The lowest BCUT2D eigenvalue weighted by molar-refractivity contribution is -0.132. The van der Waals surface area contributed by atoms with Crippen molar-refractivity contribution >= 4 is 39.9 Å². The number of aliphatic hydroxyl groups is 1. The lowest BCUT2D eigenvalue weighted by Gasteiger charge is -2.23. The molecule has 10 heteroatoms. The first-order chi connectivity index (χ1) is 17.8. The van der Waals surface area contributed by atoms with Crippen molar-refractivity contribution < 1.29 is 33.7 Å². The molecule has 3 aromatic rings. The number of thiazole rings is 1. The molecule has 2 heterocycles. The fourth-order valence-corrected chi connectivity index (χ4v) is 5.00. The van der Waals surface area contributed by atoms with Gasteiger partial charge in [-0.1, -0.05) is 30.4 Å². The summed E-state index contributed by atoms with van der Waals surface area (Å²) >= 11 is 0.942. The van der Waals surface area contributed by atoms with Gasteiger partial charge in [0.2, 0.25) is 0 Å². The summed E-state index contributed by atoms with van der Waals surface area (Å²) in [7, 11) is 2.78. The quantitative estimate of drug-likeness (QED) is 0.197. The van der Waals surface area contributed by atoms with E-state index in [0.29, 0.717) is 34.9 Å². The van der Waals surface area contributed by atoms with Crippen LogP contribution < -0.4 is 14.4 Å². The molecular weight excluding hydrogens is 496 g/mol. The van der Waals surface area contributed by atoms with Crippen LogP contribution in [0.25, 0.3) is 5.76 Å². The van der Waals surface area contributed by atoms with Gasteiger partial charge in [0.1, 0.15) is 22.1 Å². The van der Waals surface area contributed by atoms with E-state index in [9.17, 15) is 19.5 Å². The molecule has 4 rings (SSSR count). The number of nitrogens with zero attached hydrogens (tertiary/aromatic N) is 2. The van der Waals surface area contributed by atoms with Crippen LogP contribution >= 0.6 is 11.3 Å². The molecule has 9 nitrogen and oxygen atoms in total. The van der Waals surface area contributed by atoms with Crippen LogP contribution in [-0.4, -0.2) is 48.6 Å². The number of amides is 1. The summed E-state index contributed by atoms with van der Waals surface area (Å²) in [6.07, 6.45) is 0.848. The molecule has 192 valence electrons. The molecule has 1 atom stereocenters. The number of rotatable bonds is 8. The topological polar surface area (TPSA) is 115 Å². The molecule has 0 radical (unpaired) electrons. The van der Waals surface area contributed by atoms with Gasteiger partial charge < -0.3 is 19.3 Å². The summed E-state index contributed by atoms with van der Waals surface area (Å²) in [5.41, 5.74) is 1.18. The maximum atomic E-state index is 13.3. The minimum absolute atomic E-state index is 0.0927. The lowest BCUT2D eigenvalue weighted by atomic mass is 9.95. The van der Waals surface area contributed by atoms with E-state index in [1.54, 1.807) is 55.5 Å². The van der Waals surface area contributed by atoms with Crippen molar-refractivity contribution in [3.8, 4) is 11.5 Å². The molecule has 1 amide bonds. The van der Waals surface area contributed by atoms with Gasteiger partial charge in [-0.05, 0) is 55.3 Å². The third kappa shape index (κ3) is 4.92. The van der Waals surface area contributed by atoms with E-state index < -0.39 is 23.7 Å². The Hall–Kier alpha value is -4.18. The second-order valence-electron chi connectivity index (χ2n) is 8.22. The zero-order valence-corrected chi connectivity index (χ0v) is 21.6. The minimum Gasteiger partial charge on any atom is -0.507 e. The number of hydrogen-bond donors (Lipinski definition) is 1. The summed E-state index contributed by atoms with van der Waals surface area (Å²) in [6.45, 7) is 4.17. The number of methoxy groups -OCH3 is 2. The number of benzene rings is 2. The highest BCUT2D eigenvalue weighted by Crippen LogP contribution is 2.44. The molecule has 1 aliphatic heterocycles. The van der Waals surface area contributed by atoms with Crippen molar-refractivity contribution in [1.82, 2.24) is 4.98 Å². The van der Waals surface area contributed by atoms with Gasteiger partial charge in [-0.15, -0.1) is 0 Å². The average Bonchev–Trinajstić information content (AvgIpc) is 3.43. The molecular formula is C27H26N2O7S. The van der Waals surface area contributed by atoms with Gasteiger partial charge in [0.15, 0.2) is 5.13 Å². The first-order valence-corrected chi connectivity index (χ1v) is 12.4. The normalized spacial score (nSPS) is 16.6. The maximum Gasteiger partial charge on any atom is 0.350 e. The monoisotopic (exact) mass is 522 g/mol. The van der Waals surface area contributed by atoms with Crippen molar-refractivity contribution in [3.63, 3.8) is 0 Å². The van der Waals surface area contributed by atoms with E-state index in [2.05, 4.69) is 4.98 Å². The van der Waals surface area contributed by atoms with Gasteiger partial charge in [0, 0.05) is 5.56 Å². The predicted molar refractivity (Wildman–Crippen MR) is 138 cm³/mol. The number of carbonyl (C=O) groups excluding carboxylic acids is 3. The molecule has 37 heavy (non-hydrogen) atoms. The number of aliphatic hydroxyl groups excluding tert-OH is 1. The molecule has 1 aromatic heterocycles. The largest absolute Gasteiger partial charge is 0.507 e. The smallest absolute Gasteiger partial charge is 0.350 e. The minimum atomic E-state index is -0.988. The SMILES string of the molecule is CCCOc1ccc(/C(O)=C2\C(=O)C(=O)N(c3nc(C)c(C(=O)OC)s3)C2c2ccc(OC)cc2)cc1. The number of aryl methyl sites for hydroxylation is 1. The van der Waals surface area contributed by atoms with Crippen LogP contribution in [0, 0.1) is 6.92 Å². The summed E-state index contributed by atoms with van der Waals surface area (Å²) in [5, 5.41) is 11.4. The summed E-state index contributed by atoms with van der Waals surface area (Å²) in [4.78, 5) is 44.7. The molecule has 1 unspecified atom stereocenters. The second-order valence-corrected chi connectivity index (χ2v) is 9.20. The van der Waals surface area contributed by atoms with Crippen LogP contribution in [0.4, 0.5) is 5.13 Å². The van der Waals surface area contributed by atoms with Crippen LogP contribution in [0.15, 0.2) is 54.1 Å². The Labute approximate surface area is 217 Å². The van der Waals surface area contributed by atoms with Gasteiger partial charge >= 0.3 is 11.9 Å². The molecule has 2 aromatic carbocycles. The number of aromatic nitrogens is 1. The van der Waals surface area contributed by atoms with Crippen molar-refractivity contribution in [2.75, 3.05) is 25.7 Å². The van der Waals surface area contributed by atoms with Gasteiger partial charge in [-0.25, -0.2) is 9.78 Å². The van der Waals surface area contributed by atoms with Gasteiger partial charge in [-0.2, -0.15) is 0 Å². The van der Waals surface area contributed by atoms with Crippen molar-refractivity contribution in [2.45, 2.75) is 26.3 Å². The first-order valence-electron chi connectivity index (χ1n) is 11.5. The van der Waals surface area contributed by atoms with Gasteiger partial charge in [-0.3, -0.25) is 14.5 Å². The molecule has 0 bridgehead atoms. The number of esters is 1. The highest BCUT2D eigenvalue weighted by molar-refractivity contribution is 7.17. The number of ether oxygens (including phenoxy) is 3. The second kappa shape index (κ2) is 10.8. The first kappa shape index (κ1) is 25.9. The molecule has 1 saturated heterocycles. The number of anilines is 1. The molecule has 1 fully saturated rings. The van der Waals surface area contributed by atoms with Crippen LogP contribution in [-0.2, 0) is 14.3 Å². The number of hydrogen-bond acceptors (Lipinski definition) is 9. The van der Waals surface area contributed by atoms with Crippen LogP contribution in [0.1, 0.15) is 45.9 Å². The van der Waals surface area contributed by atoms with Crippen molar-refractivity contribution in [2.24, 2.45) is 0 Å². The zero-order valence-electron chi connectivity index (χ0n) is 20.8. The molecule has 0 aliphatic carbocycles. The Kier molecular flexibility index (Phi) is 7.58. The summed E-state index contributed by atoms with van der Waals surface area (Å²) in [5.74, 6) is -1.44. The Morgan fingerprint density at radius 1 is 1.05 bits per heavy atom. The van der Waals surface area contributed by atoms with Crippen molar-refractivity contribution in [1.29, 1.82) is 0 Å². The average molecular weight is 523 g/mol. The Balaban J connectivity index is 1.85. The number of Topliss-reactive ketones (excluding diaryl/α,β-unsaturated/α-hetero) is 1. The molecule has 1 N–H and O–H groups in total. The highest BCUT2D eigenvalue weighted by atomic mass is 32.1. The van der Waals surface area contributed by atoms with E-state index >= 15 is 0 Å².